The summed E-state index contributed by atoms with van der Waals surface area (Å²) in [4.78, 5) is 39.5. The first-order valence-electron chi connectivity index (χ1n) is 9.63. The number of hydrogen-bond donors (Lipinski definition) is 1. The van der Waals surface area contributed by atoms with E-state index in [9.17, 15) is 14.4 Å². The molecule has 0 aromatic heterocycles. The molecule has 0 unspecified atom stereocenters. The van der Waals surface area contributed by atoms with Gasteiger partial charge in [0.05, 0.1) is 0 Å². The lowest BCUT2D eigenvalue weighted by atomic mass is 10.1. The molecule has 1 aliphatic rings. The van der Waals surface area contributed by atoms with Crippen molar-refractivity contribution in [3.05, 3.63) is 71.3 Å². The maximum atomic E-state index is 12.5. The molecule has 0 radical (unpaired) electrons. The van der Waals surface area contributed by atoms with Crippen LogP contribution in [0.15, 0.2) is 54.6 Å². The van der Waals surface area contributed by atoms with Crippen LogP contribution in [0, 0.1) is 0 Å². The Labute approximate surface area is 170 Å². The van der Waals surface area contributed by atoms with Crippen molar-refractivity contribution in [1.82, 2.24) is 10.2 Å². The Morgan fingerprint density at radius 3 is 2.00 bits per heavy atom. The topological polar surface area (TPSA) is 69.7 Å². The molecule has 1 heterocycles. The monoisotopic (exact) mass is 391 g/mol. The second-order valence-electron chi connectivity index (χ2n) is 6.95. The number of carbonyl (C=O) groups excluding carboxylic acids is 3. The van der Waals surface area contributed by atoms with Crippen LogP contribution in [0.25, 0.3) is 6.08 Å². The van der Waals surface area contributed by atoms with E-state index in [0.717, 1.165) is 24.3 Å². The van der Waals surface area contributed by atoms with Crippen LogP contribution in [0.2, 0.25) is 0 Å². The van der Waals surface area contributed by atoms with E-state index in [2.05, 4.69) is 10.2 Å². The average Bonchev–Trinajstić information content (AvgIpc) is 2.77. The molecule has 3 rings (SSSR count). The van der Waals surface area contributed by atoms with Crippen LogP contribution in [-0.2, 0) is 4.79 Å². The highest BCUT2D eigenvalue weighted by Gasteiger charge is 2.20. The van der Waals surface area contributed by atoms with Crippen LogP contribution in [0.3, 0.4) is 0 Å². The largest absolute Gasteiger partial charge is 0.368 e. The number of rotatable bonds is 5. The number of anilines is 1. The van der Waals surface area contributed by atoms with Gasteiger partial charge in [0.15, 0.2) is 5.78 Å². The highest BCUT2D eigenvalue weighted by atomic mass is 16.2. The number of hydrogen-bond acceptors (Lipinski definition) is 4. The third kappa shape index (κ3) is 5.10. The Morgan fingerprint density at radius 1 is 0.862 bits per heavy atom. The second-order valence-corrected chi connectivity index (χ2v) is 6.95. The van der Waals surface area contributed by atoms with Gasteiger partial charge in [-0.3, -0.25) is 14.4 Å². The number of nitrogens with one attached hydrogen (secondary N) is 1. The van der Waals surface area contributed by atoms with Crippen molar-refractivity contribution in [3.63, 3.8) is 0 Å². The summed E-state index contributed by atoms with van der Waals surface area (Å²) >= 11 is 0. The fourth-order valence-corrected chi connectivity index (χ4v) is 3.25. The molecule has 6 nitrogen and oxygen atoms in total. The molecule has 0 spiro atoms. The smallest absolute Gasteiger partial charge is 0.251 e. The number of Topliss-reactive ketones (excluding diaryl/α,β-unsaturated/α-hetero) is 1. The number of amides is 2. The van der Waals surface area contributed by atoms with Crippen molar-refractivity contribution in [3.8, 4) is 0 Å². The summed E-state index contributed by atoms with van der Waals surface area (Å²) in [5.74, 6) is -0.0978. The van der Waals surface area contributed by atoms with Gasteiger partial charge in [-0.05, 0) is 55.0 Å². The van der Waals surface area contributed by atoms with Crippen molar-refractivity contribution in [2.24, 2.45) is 0 Å². The molecule has 2 aromatic rings. The molecule has 6 heteroatoms. The first-order valence-corrected chi connectivity index (χ1v) is 9.63. The van der Waals surface area contributed by atoms with E-state index >= 15 is 0 Å². The molecular formula is C23H25N3O3. The van der Waals surface area contributed by atoms with Crippen LogP contribution < -0.4 is 10.2 Å². The first kappa shape index (κ1) is 20.3. The summed E-state index contributed by atoms with van der Waals surface area (Å²) in [5, 5.41) is 2.58. The number of piperazine rings is 1. The van der Waals surface area contributed by atoms with Crippen molar-refractivity contribution in [2.45, 2.75) is 6.92 Å². The Bertz CT molecular complexity index is 909. The minimum Gasteiger partial charge on any atom is -0.368 e. The van der Waals surface area contributed by atoms with Crippen LogP contribution in [0.4, 0.5) is 5.69 Å². The van der Waals surface area contributed by atoms with Gasteiger partial charge >= 0.3 is 0 Å². The highest BCUT2D eigenvalue weighted by molar-refractivity contribution is 5.95. The average molecular weight is 391 g/mol. The van der Waals surface area contributed by atoms with E-state index < -0.39 is 0 Å². The number of carbonyl (C=O) groups is 3. The van der Waals surface area contributed by atoms with Crippen LogP contribution in [0.5, 0.6) is 0 Å². The molecule has 0 bridgehead atoms. The van der Waals surface area contributed by atoms with Crippen LogP contribution in [0.1, 0.15) is 33.2 Å². The summed E-state index contributed by atoms with van der Waals surface area (Å²) in [5.41, 5.74) is 3.23. The van der Waals surface area contributed by atoms with Crippen LogP contribution >= 0.6 is 0 Å². The third-order valence-electron chi connectivity index (χ3n) is 5.05. The fraction of sp³-hybridized carbons (Fsp3) is 0.261. The molecule has 2 aromatic carbocycles. The Kier molecular flexibility index (Phi) is 6.44. The minimum atomic E-state index is -0.134. The minimum absolute atomic E-state index is 0.0213. The molecular weight excluding hydrogens is 366 g/mol. The van der Waals surface area contributed by atoms with E-state index in [-0.39, 0.29) is 17.6 Å². The van der Waals surface area contributed by atoms with Gasteiger partial charge in [-0.2, -0.15) is 0 Å². The molecule has 150 valence electrons. The quantitative estimate of drug-likeness (QED) is 0.628. The van der Waals surface area contributed by atoms with Gasteiger partial charge < -0.3 is 15.1 Å². The lowest BCUT2D eigenvalue weighted by Crippen LogP contribution is -2.48. The van der Waals surface area contributed by atoms with Crippen molar-refractivity contribution in [1.29, 1.82) is 0 Å². The van der Waals surface area contributed by atoms with Gasteiger partial charge in [-0.25, -0.2) is 0 Å². The first-order chi connectivity index (χ1) is 14.0. The van der Waals surface area contributed by atoms with Gasteiger partial charge in [0.2, 0.25) is 5.91 Å². The second kappa shape index (κ2) is 9.19. The SMILES string of the molecule is CNC(=O)c1ccc(/C=C/C(=O)N2CCN(c3ccc(C(C)=O)cc3)CC2)cc1. The maximum absolute atomic E-state index is 12.5. The predicted octanol–water partition coefficient (Wildman–Crippen LogP) is 2.61. The van der Waals surface area contributed by atoms with E-state index in [0.29, 0.717) is 24.2 Å². The molecule has 1 N–H and O–H groups in total. The van der Waals surface area contributed by atoms with Gasteiger partial charge in [0.1, 0.15) is 0 Å². The van der Waals surface area contributed by atoms with E-state index in [1.54, 1.807) is 38.3 Å². The summed E-state index contributed by atoms with van der Waals surface area (Å²) in [6.07, 6.45) is 3.34. The third-order valence-corrected chi connectivity index (χ3v) is 5.05. The summed E-state index contributed by atoms with van der Waals surface area (Å²) < 4.78 is 0. The van der Waals surface area contributed by atoms with Crippen molar-refractivity contribution < 1.29 is 14.4 Å². The molecule has 0 saturated carbocycles. The lowest BCUT2D eigenvalue weighted by molar-refractivity contribution is -0.126. The zero-order valence-electron chi connectivity index (χ0n) is 16.7. The van der Waals surface area contributed by atoms with E-state index in [1.165, 1.54) is 0 Å². The standard InChI is InChI=1S/C23H25N3O3/c1-17(27)19-8-10-21(11-9-19)25-13-15-26(16-14-25)22(28)12-5-18-3-6-20(7-4-18)23(29)24-2/h3-12H,13-16H2,1-2H3,(H,24,29)/b12-5+. The van der Waals surface area contributed by atoms with E-state index in [1.807, 2.05) is 41.3 Å². The molecule has 1 fully saturated rings. The lowest BCUT2D eigenvalue weighted by Gasteiger charge is -2.35. The molecule has 29 heavy (non-hydrogen) atoms. The predicted molar refractivity (Wildman–Crippen MR) is 114 cm³/mol. The van der Waals surface area contributed by atoms with Gasteiger partial charge in [-0.15, -0.1) is 0 Å². The Morgan fingerprint density at radius 2 is 1.45 bits per heavy atom. The molecule has 0 aliphatic carbocycles. The van der Waals surface area contributed by atoms with E-state index in [4.69, 9.17) is 0 Å². The maximum Gasteiger partial charge on any atom is 0.251 e. The van der Waals surface area contributed by atoms with Gasteiger partial charge in [-0.1, -0.05) is 12.1 Å². The molecule has 1 aliphatic heterocycles. The fourth-order valence-electron chi connectivity index (χ4n) is 3.25. The molecule has 1 saturated heterocycles. The molecule has 0 atom stereocenters. The normalized spacial score (nSPS) is 14.1. The van der Waals surface area contributed by atoms with Crippen LogP contribution in [-0.4, -0.2) is 55.7 Å². The van der Waals surface area contributed by atoms with Gasteiger partial charge in [0, 0.05) is 56.1 Å². The van der Waals surface area contributed by atoms with Crippen molar-refractivity contribution >= 4 is 29.4 Å². The number of nitrogens with zero attached hydrogens (tertiary/aromatic N) is 2. The highest BCUT2D eigenvalue weighted by Crippen LogP contribution is 2.18. The number of ketones is 1. The Balaban J connectivity index is 1.53. The van der Waals surface area contributed by atoms with Gasteiger partial charge in [0.25, 0.3) is 5.91 Å². The number of benzene rings is 2. The summed E-state index contributed by atoms with van der Waals surface area (Å²) in [6.45, 7) is 4.35. The zero-order chi connectivity index (χ0) is 20.8. The molecule has 2 amide bonds. The zero-order valence-corrected chi connectivity index (χ0v) is 16.7. The summed E-state index contributed by atoms with van der Waals surface area (Å²) in [6, 6.07) is 14.7. The van der Waals surface area contributed by atoms with Crippen molar-refractivity contribution in [2.75, 3.05) is 38.1 Å². The Hall–Kier alpha value is -3.41. The summed E-state index contributed by atoms with van der Waals surface area (Å²) in [7, 11) is 1.59.